The number of carbonyl (C=O) groups excluding carboxylic acids is 1. The lowest BCUT2D eigenvalue weighted by molar-refractivity contribution is 0.0682. The van der Waals surface area contributed by atoms with Crippen molar-refractivity contribution in [3.05, 3.63) is 17.5 Å². The standard InChI is InChI=1S/C13H20N2O4/c1-8(2)4-9-5-10(15-19-9)13(16)14-11-6-18-7-12(11)17-3/h5,8,11-12H,4,6-7H2,1-3H3,(H,14,16)/t11-,12-/m0/s1. The van der Waals surface area contributed by atoms with Gasteiger partial charge in [0.15, 0.2) is 5.69 Å². The molecule has 2 atom stereocenters. The molecule has 1 fully saturated rings. The topological polar surface area (TPSA) is 73.6 Å². The molecule has 1 amide bonds. The van der Waals surface area contributed by atoms with Crippen molar-refractivity contribution >= 4 is 5.91 Å². The number of hydrogen-bond acceptors (Lipinski definition) is 5. The fourth-order valence-corrected chi connectivity index (χ4v) is 2.06. The molecule has 1 aliphatic rings. The highest BCUT2D eigenvalue weighted by Gasteiger charge is 2.30. The molecule has 1 N–H and O–H groups in total. The second-order valence-corrected chi connectivity index (χ2v) is 5.17. The summed E-state index contributed by atoms with van der Waals surface area (Å²) >= 11 is 0. The largest absolute Gasteiger partial charge is 0.377 e. The highest BCUT2D eigenvalue weighted by molar-refractivity contribution is 5.92. The quantitative estimate of drug-likeness (QED) is 0.863. The lowest BCUT2D eigenvalue weighted by atomic mass is 10.1. The number of amides is 1. The van der Waals surface area contributed by atoms with Gasteiger partial charge in [-0.1, -0.05) is 19.0 Å². The zero-order valence-corrected chi connectivity index (χ0v) is 11.5. The molecule has 0 unspecified atom stereocenters. The van der Waals surface area contributed by atoms with E-state index in [1.807, 2.05) is 0 Å². The molecule has 0 radical (unpaired) electrons. The van der Waals surface area contributed by atoms with Crippen molar-refractivity contribution in [2.24, 2.45) is 5.92 Å². The molecule has 0 saturated carbocycles. The molecule has 6 nitrogen and oxygen atoms in total. The molecule has 0 spiro atoms. The van der Waals surface area contributed by atoms with E-state index in [0.29, 0.717) is 24.8 Å². The van der Waals surface area contributed by atoms with Crippen LogP contribution in [-0.2, 0) is 15.9 Å². The van der Waals surface area contributed by atoms with Crippen molar-refractivity contribution in [3.63, 3.8) is 0 Å². The van der Waals surface area contributed by atoms with Gasteiger partial charge >= 0.3 is 0 Å². The fourth-order valence-electron chi connectivity index (χ4n) is 2.06. The van der Waals surface area contributed by atoms with Gasteiger partial charge in [0.2, 0.25) is 0 Å². The van der Waals surface area contributed by atoms with Gasteiger partial charge in [-0.25, -0.2) is 0 Å². The summed E-state index contributed by atoms with van der Waals surface area (Å²) in [5.74, 6) is 0.937. The summed E-state index contributed by atoms with van der Waals surface area (Å²) < 4.78 is 15.6. The zero-order valence-electron chi connectivity index (χ0n) is 11.5. The minimum atomic E-state index is -0.253. The first-order valence-electron chi connectivity index (χ1n) is 6.47. The molecule has 6 heteroatoms. The fraction of sp³-hybridized carbons (Fsp3) is 0.692. The van der Waals surface area contributed by atoms with E-state index in [2.05, 4.69) is 24.3 Å². The van der Waals surface area contributed by atoms with Crippen molar-refractivity contribution in [2.75, 3.05) is 20.3 Å². The number of methoxy groups -OCH3 is 1. The van der Waals surface area contributed by atoms with Gasteiger partial charge in [-0.2, -0.15) is 0 Å². The molecular formula is C13H20N2O4. The Morgan fingerprint density at radius 2 is 2.37 bits per heavy atom. The lowest BCUT2D eigenvalue weighted by Crippen LogP contribution is -2.43. The lowest BCUT2D eigenvalue weighted by Gasteiger charge is -2.16. The van der Waals surface area contributed by atoms with Gasteiger partial charge in [-0.05, 0) is 5.92 Å². The molecule has 1 aromatic heterocycles. The average Bonchev–Trinajstić information content (AvgIpc) is 2.97. The SMILES string of the molecule is CO[C@H]1COC[C@@H]1NC(=O)c1cc(CC(C)C)on1. The highest BCUT2D eigenvalue weighted by Crippen LogP contribution is 2.12. The van der Waals surface area contributed by atoms with E-state index < -0.39 is 0 Å². The Morgan fingerprint density at radius 3 is 3.05 bits per heavy atom. The number of ether oxygens (including phenoxy) is 2. The van der Waals surface area contributed by atoms with Crippen LogP contribution in [0.1, 0.15) is 30.1 Å². The van der Waals surface area contributed by atoms with Crippen LogP contribution in [-0.4, -0.2) is 43.5 Å². The number of aromatic nitrogens is 1. The third-order valence-corrected chi connectivity index (χ3v) is 3.05. The molecule has 2 rings (SSSR count). The summed E-state index contributed by atoms with van der Waals surface area (Å²) in [7, 11) is 1.61. The van der Waals surface area contributed by atoms with E-state index in [0.717, 1.165) is 12.2 Å². The second kappa shape index (κ2) is 6.16. The second-order valence-electron chi connectivity index (χ2n) is 5.17. The average molecular weight is 268 g/mol. The van der Waals surface area contributed by atoms with E-state index in [1.54, 1.807) is 13.2 Å². The molecule has 0 aromatic carbocycles. The van der Waals surface area contributed by atoms with Gasteiger partial charge < -0.3 is 19.3 Å². The van der Waals surface area contributed by atoms with Gasteiger partial charge in [0.1, 0.15) is 11.9 Å². The molecule has 0 aliphatic carbocycles. The summed E-state index contributed by atoms with van der Waals surface area (Å²) in [4.78, 5) is 12.0. The number of nitrogens with zero attached hydrogens (tertiary/aromatic N) is 1. The Labute approximate surface area is 112 Å². The van der Waals surface area contributed by atoms with Gasteiger partial charge in [0, 0.05) is 19.6 Å². The molecule has 1 aliphatic heterocycles. The van der Waals surface area contributed by atoms with E-state index in [-0.39, 0.29) is 18.1 Å². The minimum Gasteiger partial charge on any atom is -0.377 e. The molecule has 1 aromatic rings. The van der Waals surface area contributed by atoms with Gasteiger partial charge in [-0.15, -0.1) is 0 Å². The van der Waals surface area contributed by atoms with Crippen LogP contribution in [0.3, 0.4) is 0 Å². The molecule has 2 heterocycles. The minimum absolute atomic E-state index is 0.106. The first kappa shape index (κ1) is 14.0. The Balaban J connectivity index is 1.94. The van der Waals surface area contributed by atoms with Crippen molar-refractivity contribution < 1.29 is 18.8 Å². The Hall–Kier alpha value is -1.40. The van der Waals surface area contributed by atoms with E-state index in [1.165, 1.54) is 0 Å². The molecule has 0 bridgehead atoms. The summed E-state index contributed by atoms with van der Waals surface area (Å²) in [6.45, 7) is 5.13. The Morgan fingerprint density at radius 1 is 1.58 bits per heavy atom. The molecule has 1 saturated heterocycles. The van der Waals surface area contributed by atoms with E-state index >= 15 is 0 Å². The predicted octanol–water partition coefficient (Wildman–Crippen LogP) is 1.02. The van der Waals surface area contributed by atoms with Gasteiger partial charge in [0.05, 0.1) is 19.3 Å². The van der Waals surface area contributed by atoms with Crippen LogP contribution in [0.15, 0.2) is 10.6 Å². The van der Waals surface area contributed by atoms with Gasteiger partial charge in [-0.3, -0.25) is 4.79 Å². The number of carbonyl (C=O) groups is 1. The summed E-state index contributed by atoms with van der Waals surface area (Å²) in [6, 6.07) is 1.55. The smallest absolute Gasteiger partial charge is 0.273 e. The van der Waals surface area contributed by atoms with Crippen LogP contribution in [0.5, 0.6) is 0 Å². The van der Waals surface area contributed by atoms with E-state index in [4.69, 9.17) is 14.0 Å². The third kappa shape index (κ3) is 3.54. The Bertz CT molecular complexity index is 430. The number of hydrogen-bond donors (Lipinski definition) is 1. The van der Waals surface area contributed by atoms with Crippen LogP contribution < -0.4 is 5.32 Å². The maximum Gasteiger partial charge on any atom is 0.273 e. The highest BCUT2D eigenvalue weighted by atomic mass is 16.5. The Kier molecular flexibility index (Phi) is 4.55. The van der Waals surface area contributed by atoms with Crippen LogP contribution in [0, 0.1) is 5.92 Å². The number of rotatable bonds is 5. The monoisotopic (exact) mass is 268 g/mol. The zero-order chi connectivity index (χ0) is 13.8. The summed E-state index contributed by atoms with van der Waals surface area (Å²) in [5, 5.41) is 6.64. The predicted molar refractivity (Wildman–Crippen MR) is 67.9 cm³/mol. The maximum absolute atomic E-state index is 12.0. The first-order chi connectivity index (χ1) is 9.10. The van der Waals surface area contributed by atoms with Gasteiger partial charge in [0.25, 0.3) is 5.91 Å². The normalized spacial score (nSPS) is 22.9. The van der Waals surface area contributed by atoms with Crippen LogP contribution in [0.4, 0.5) is 0 Å². The van der Waals surface area contributed by atoms with Crippen LogP contribution in [0.25, 0.3) is 0 Å². The molecule has 106 valence electrons. The van der Waals surface area contributed by atoms with Crippen molar-refractivity contribution in [1.29, 1.82) is 0 Å². The number of nitrogens with one attached hydrogen (secondary N) is 1. The maximum atomic E-state index is 12.0. The van der Waals surface area contributed by atoms with Crippen LogP contribution in [0.2, 0.25) is 0 Å². The van der Waals surface area contributed by atoms with Crippen molar-refractivity contribution in [3.8, 4) is 0 Å². The first-order valence-corrected chi connectivity index (χ1v) is 6.47. The van der Waals surface area contributed by atoms with Crippen molar-refractivity contribution in [1.82, 2.24) is 10.5 Å². The summed E-state index contributed by atoms with van der Waals surface area (Å²) in [6.07, 6.45) is 0.666. The van der Waals surface area contributed by atoms with Crippen molar-refractivity contribution in [2.45, 2.75) is 32.4 Å². The molecular weight excluding hydrogens is 248 g/mol. The van der Waals surface area contributed by atoms with E-state index in [9.17, 15) is 4.79 Å². The third-order valence-electron chi connectivity index (χ3n) is 3.05. The molecule has 19 heavy (non-hydrogen) atoms. The van der Waals surface area contributed by atoms with Crippen LogP contribution >= 0.6 is 0 Å². The summed E-state index contributed by atoms with van der Waals surface area (Å²) in [5.41, 5.74) is 0.303.